The molecule has 0 spiro atoms. The zero-order chi connectivity index (χ0) is 19.4. The van der Waals surface area contributed by atoms with Crippen LogP contribution < -0.4 is 0 Å². The molecule has 27 heavy (non-hydrogen) atoms. The second kappa shape index (κ2) is 6.71. The Bertz CT molecular complexity index is 835. The van der Waals surface area contributed by atoms with Gasteiger partial charge in [-0.25, -0.2) is 4.79 Å². The van der Waals surface area contributed by atoms with E-state index in [4.69, 9.17) is 23.1 Å². The highest BCUT2D eigenvalue weighted by Gasteiger charge is 2.59. The predicted octanol–water partition coefficient (Wildman–Crippen LogP) is 2.20. The number of benzene rings is 1. The maximum absolute atomic E-state index is 12.8. The van der Waals surface area contributed by atoms with E-state index in [9.17, 15) is 13.2 Å². The molecule has 10 heteroatoms. The summed E-state index contributed by atoms with van der Waals surface area (Å²) in [6.07, 6.45) is -3.20. The average Bonchev–Trinajstić information content (AvgIpc) is 3.21. The van der Waals surface area contributed by atoms with E-state index in [1.54, 1.807) is 26.0 Å². The first-order valence-electron chi connectivity index (χ1n) is 8.49. The third-order valence-corrected chi connectivity index (χ3v) is 6.90. The third kappa shape index (κ3) is 3.74. The topological polar surface area (TPSA) is 97.4 Å². The molecule has 8 nitrogen and oxygen atoms in total. The summed E-state index contributed by atoms with van der Waals surface area (Å²) in [6, 6.07) is 6.36. The molecule has 0 saturated carbocycles. The highest BCUT2D eigenvalue weighted by Crippen LogP contribution is 2.43. The Morgan fingerprint density at radius 1 is 1.15 bits per heavy atom. The number of ether oxygens (including phenoxy) is 4. The number of cyclic esters (lactones) is 1. The van der Waals surface area contributed by atoms with Gasteiger partial charge in [0.15, 0.2) is 12.1 Å². The van der Waals surface area contributed by atoms with Crippen LogP contribution in [-0.2, 0) is 33.2 Å². The standard InChI is InChI=1S/C17H20O8S2/c1-9-4-6-10(7-5-9)27(19,20)25-13-12(11-8-21-16(18)26-11)22-15-14(13)23-17(2,3)24-15/h4-7,11-15H,8H2,1-3H3/t11-,12+,13-,14+,15+/m0/s1. The molecule has 1 aromatic carbocycles. The van der Waals surface area contributed by atoms with Gasteiger partial charge in [-0.1, -0.05) is 17.7 Å². The Kier molecular flexibility index (Phi) is 4.76. The van der Waals surface area contributed by atoms with Crippen LogP contribution >= 0.6 is 11.8 Å². The van der Waals surface area contributed by atoms with Crippen molar-refractivity contribution in [1.29, 1.82) is 0 Å². The van der Waals surface area contributed by atoms with Crippen LogP contribution in [0.15, 0.2) is 29.2 Å². The molecule has 0 aliphatic carbocycles. The van der Waals surface area contributed by atoms with E-state index in [1.807, 2.05) is 6.92 Å². The second-order valence-electron chi connectivity index (χ2n) is 7.11. The lowest BCUT2D eigenvalue weighted by Crippen LogP contribution is -2.43. The van der Waals surface area contributed by atoms with E-state index in [0.29, 0.717) is 0 Å². The van der Waals surface area contributed by atoms with Crippen LogP contribution in [0.3, 0.4) is 0 Å². The van der Waals surface area contributed by atoms with Gasteiger partial charge in [-0.15, -0.1) is 0 Å². The number of fused-ring (bicyclic) bond motifs is 1. The Balaban J connectivity index is 1.61. The molecular weight excluding hydrogens is 396 g/mol. The van der Waals surface area contributed by atoms with Crippen LogP contribution in [0.4, 0.5) is 4.79 Å². The first-order valence-corrected chi connectivity index (χ1v) is 10.8. The summed E-state index contributed by atoms with van der Waals surface area (Å²) in [5.74, 6) is -0.926. The minimum absolute atomic E-state index is 0.0416. The van der Waals surface area contributed by atoms with Gasteiger partial charge in [-0.2, -0.15) is 8.42 Å². The van der Waals surface area contributed by atoms with E-state index < -0.39 is 51.1 Å². The summed E-state index contributed by atoms with van der Waals surface area (Å²) < 4.78 is 53.5. The maximum Gasteiger partial charge on any atom is 0.367 e. The molecule has 3 saturated heterocycles. The van der Waals surface area contributed by atoms with Gasteiger partial charge >= 0.3 is 5.30 Å². The van der Waals surface area contributed by atoms with Gasteiger partial charge in [0.1, 0.15) is 24.9 Å². The molecule has 3 heterocycles. The highest BCUT2D eigenvalue weighted by atomic mass is 32.2. The van der Waals surface area contributed by atoms with Crippen LogP contribution in [0.25, 0.3) is 0 Å². The molecule has 148 valence electrons. The number of thioether (sulfide) groups is 1. The summed E-state index contributed by atoms with van der Waals surface area (Å²) in [5.41, 5.74) is 0.934. The maximum atomic E-state index is 12.8. The Morgan fingerprint density at radius 2 is 1.85 bits per heavy atom. The SMILES string of the molecule is Cc1ccc(S(=O)(=O)O[C@@H]2[C@H]3OC(C)(C)O[C@H]3O[C@@H]2[C@@H]2COC(=O)S2)cc1. The number of hydrogen-bond donors (Lipinski definition) is 0. The molecule has 0 amide bonds. The van der Waals surface area contributed by atoms with E-state index in [-0.39, 0.29) is 11.5 Å². The highest BCUT2D eigenvalue weighted by molar-refractivity contribution is 8.14. The molecular formula is C17H20O8S2. The zero-order valence-electron chi connectivity index (χ0n) is 15.0. The molecule has 3 aliphatic rings. The lowest BCUT2D eigenvalue weighted by atomic mass is 10.1. The van der Waals surface area contributed by atoms with Crippen LogP contribution in [0, 0.1) is 6.92 Å². The fourth-order valence-corrected chi connectivity index (χ4v) is 5.29. The summed E-state index contributed by atoms with van der Waals surface area (Å²) in [4.78, 5) is 11.5. The summed E-state index contributed by atoms with van der Waals surface area (Å²) in [5, 5.41) is -0.834. The van der Waals surface area contributed by atoms with Crippen molar-refractivity contribution in [3.05, 3.63) is 29.8 Å². The Labute approximate surface area is 161 Å². The number of carbonyl (C=O) groups excluding carboxylic acids is 1. The van der Waals surface area contributed by atoms with Crippen molar-refractivity contribution in [2.24, 2.45) is 0 Å². The minimum atomic E-state index is -4.06. The first-order chi connectivity index (χ1) is 12.6. The third-order valence-electron chi connectivity index (χ3n) is 4.55. The number of hydrogen-bond acceptors (Lipinski definition) is 9. The number of carbonyl (C=O) groups is 1. The molecule has 0 aromatic heterocycles. The molecule has 3 aliphatic heterocycles. The molecule has 0 unspecified atom stereocenters. The zero-order valence-corrected chi connectivity index (χ0v) is 16.6. The summed E-state index contributed by atoms with van der Waals surface area (Å²) >= 11 is 0.957. The minimum Gasteiger partial charge on any atom is -0.456 e. The van der Waals surface area contributed by atoms with Crippen LogP contribution in [0.1, 0.15) is 19.4 Å². The van der Waals surface area contributed by atoms with Gasteiger partial charge < -0.3 is 18.9 Å². The van der Waals surface area contributed by atoms with E-state index in [0.717, 1.165) is 17.3 Å². The fourth-order valence-electron chi connectivity index (χ4n) is 3.32. The van der Waals surface area contributed by atoms with Gasteiger partial charge in [0.2, 0.25) is 0 Å². The Morgan fingerprint density at radius 3 is 2.48 bits per heavy atom. The normalized spacial score (nSPS) is 35.2. The van der Waals surface area contributed by atoms with Crippen LogP contribution in [0.5, 0.6) is 0 Å². The van der Waals surface area contributed by atoms with Gasteiger partial charge in [-0.3, -0.25) is 4.18 Å². The smallest absolute Gasteiger partial charge is 0.367 e. The molecule has 0 N–H and O–H groups in total. The van der Waals surface area contributed by atoms with Crippen LogP contribution in [-0.4, -0.2) is 56.0 Å². The van der Waals surface area contributed by atoms with E-state index >= 15 is 0 Å². The number of aryl methyl sites for hydroxylation is 1. The van der Waals surface area contributed by atoms with Gasteiger partial charge in [0, 0.05) is 0 Å². The predicted molar refractivity (Wildman–Crippen MR) is 94.7 cm³/mol. The van der Waals surface area contributed by atoms with Gasteiger partial charge in [0.25, 0.3) is 10.1 Å². The first kappa shape index (κ1) is 19.2. The molecule has 5 atom stereocenters. The van der Waals surface area contributed by atoms with Crippen molar-refractivity contribution in [2.75, 3.05) is 6.61 Å². The number of rotatable bonds is 4. The molecule has 3 fully saturated rings. The molecule has 1 aromatic rings. The van der Waals surface area contributed by atoms with Crippen molar-refractivity contribution in [3.8, 4) is 0 Å². The van der Waals surface area contributed by atoms with Crippen molar-refractivity contribution in [3.63, 3.8) is 0 Å². The van der Waals surface area contributed by atoms with Crippen molar-refractivity contribution < 1.29 is 36.3 Å². The van der Waals surface area contributed by atoms with Crippen molar-refractivity contribution in [2.45, 2.75) is 61.3 Å². The van der Waals surface area contributed by atoms with Gasteiger partial charge in [-0.05, 0) is 44.7 Å². The van der Waals surface area contributed by atoms with Crippen molar-refractivity contribution in [1.82, 2.24) is 0 Å². The van der Waals surface area contributed by atoms with Crippen LogP contribution in [0.2, 0.25) is 0 Å². The Hall–Kier alpha value is -1.17. The van der Waals surface area contributed by atoms with Crippen molar-refractivity contribution >= 4 is 27.2 Å². The lowest BCUT2D eigenvalue weighted by Gasteiger charge is -2.27. The average molecular weight is 416 g/mol. The van der Waals surface area contributed by atoms with E-state index in [2.05, 4.69) is 0 Å². The lowest BCUT2D eigenvalue weighted by molar-refractivity contribution is -0.213. The molecule has 0 radical (unpaired) electrons. The fraction of sp³-hybridized carbons (Fsp3) is 0.588. The quantitative estimate of drug-likeness (QED) is 0.540. The summed E-state index contributed by atoms with van der Waals surface area (Å²) in [6.45, 7) is 5.41. The largest absolute Gasteiger partial charge is 0.456 e. The monoisotopic (exact) mass is 416 g/mol. The van der Waals surface area contributed by atoms with Gasteiger partial charge in [0.05, 0.1) is 10.1 Å². The summed E-state index contributed by atoms with van der Waals surface area (Å²) in [7, 11) is -4.06. The molecule has 4 rings (SSSR count). The second-order valence-corrected chi connectivity index (χ2v) is 9.86. The molecule has 0 bridgehead atoms. The van der Waals surface area contributed by atoms with E-state index in [1.165, 1.54) is 12.1 Å².